The maximum atomic E-state index is 5.18. The Morgan fingerprint density at radius 1 is 1.52 bits per heavy atom. The lowest BCUT2D eigenvalue weighted by atomic mass is 10.1. The minimum absolute atomic E-state index is 0.552. The van der Waals surface area contributed by atoms with Gasteiger partial charge in [0.2, 0.25) is 5.89 Å². The molecule has 0 radical (unpaired) electrons. The minimum atomic E-state index is 0.552. The third-order valence-electron chi connectivity index (χ3n) is 3.86. The van der Waals surface area contributed by atoms with Gasteiger partial charge in [0.25, 0.3) is 0 Å². The molecule has 1 atom stereocenters. The summed E-state index contributed by atoms with van der Waals surface area (Å²) >= 11 is 1.76. The Morgan fingerprint density at radius 2 is 2.48 bits per heavy atom. The van der Waals surface area contributed by atoms with Crippen LogP contribution in [-0.4, -0.2) is 34.2 Å². The smallest absolute Gasteiger partial charge is 0.226 e. The molecule has 1 aliphatic heterocycles. The van der Waals surface area contributed by atoms with Crippen LogP contribution in [-0.2, 0) is 19.5 Å². The zero-order chi connectivity index (χ0) is 14.5. The van der Waals surface area contributed by atoms with Crippen molar-refractivity contribution in [3.63, 3.8) is 0 Å². The van der Waals surface area contributed by atoms with Crippen LogP contribution in [0.15, 0.2) is 21.3 Å². The van der Waals surface area contributed by atoms with Gasteiger partial charge in [0.15, 0.2) is 5.82 Å². The second kappa shape index (κ2) is 7.15. The van der Waals surface area contributed by atoms with Crippen molar-refractivity contribution in [1.82, 2.24) is 20.4 Å². The molecule has 0 saturated carbocycles. The number of rotatable bonds is 6. The number of nitrogens with one attached hydrogen (secondary N) is 1. The summed E-state index contributed by atoms with van der Waals surface area (Å²) in [5.74, 6) is 1.54. The van der Waals surface area contributed by atoms with Crippen LogP contribution in [0.2, 0.25) is 0 Å². The van der Waals surface area contributed by atoms with E-state index in [-0.39, 0.29) is 0 Å². The maximum absolute atomic E-state index is 5.18. The first-order valence-electron chi connectivity index (χ1n) is 7.61. The molecule has 0 unspecified atom stereocenters. The Labute approximate surface area is 129 Å². The molecular formula is C15H22N4OS. The molecule has 0 aliphatic carbocycles. The number of nitrogens with zero attached hydrogens (tertiary/aromatic N) is 3. The molecule has 0 aromatic carbocycles. The first kappa shape index (κ1) is 14.7. The molecule has 1 N–H and O–H groups in total. The van der Waals surface area contributed by atoms with Gasteiger partial charge < -0.3 is 9.84 Å². The average Bonchev–Trinajstić information content (AvgIpc) is 3.17. The summed E-state index contributed by atoms with van der Waals surface area (Å²) < 4.78 is 5.18. The van der Waals surface area contributed by atoms with Crippen molar-refractivity contribution in [2.24, 2.45) is 0 Å². The second-order valence-corrected chi connectivity index (χ2v) is 6.32. The lowest BCUT2D eigenvalue weighted by Gasteiger charge is -2.32. The molecule has 3 heterocycles. The number of piperidine rings is 1. The number of hydrogen-bond donors (Lipinski definition) is 1. The largest absolute Gasteiger partial charge is 0.339 e. The van der Waals surface area contributed by atoms with Crippen molar-refractivity contribution in [2.75, 3.05) is 13.1 Å². The van der Waals surface area contributed by atoms with E-state index in [9.17, 15) is 0 Å². The highest BCUT2D eigenvalue weighted by Gasteiger charge is 2.21. The summed E-state index contributed by atoms with van der Waals surface area (Å²) in [5.41, 5.74) is 1.38. The van der Waals surface area contributed by atoms with Crippen LogP contribution in [0.3, 0.4) is 0 Å². The minimum Gasteiger partial charge on any atom is -0.339 e. The van der Waals surface area contributed by atoms with Gasteiger partial charge in [0, 0.05) is 25.6 Å². The Kier molecular flexibility index (Phi) is 5.00. The standard InChI is InChI=1S/C15H22N4OS/c1-2-15-17-14(18-20-15)10-19-6-3-4-13(9-19)16-8-12-5-7-21-11-12/h5,7,11,13,16H,2-4,6,8-10H2,1H3/t13-/m1/s1. The summed E-state index contributed by atoms with van der Waals surface area (Å²) in [7, 11) is 0. The molecular weight excluding hydrogens is 284 g/mol. The van der Waals surface area contributed by atoms with Gasteiger partial charge in [0.1, 0.15) is 0 Å². The van der Waals surface area contributed by atoms with Gasteiger partial charge in [-0.25, -0.2) is 0 Å². The van der Waals surface area contributed by atoms with E-state index >= 15 is 0 Å². The summed E-state index contributed by atoms with van der Waals surface area (Å²) in [5, 5.41) is 12.0. The van der Waals surface area contributed by atoms with Gasteiger partial charge in [-0.15, -0.1) is 0 Å². The van der Waals surface area contributed by atoms with Crippen LogP contribution >= 0.6 is 11.3 Å². The fourth-order valence-electron chi connectivity index (χ4n) is 2.72. The van der Waals surface area contributed by atoms with Gasteiger partial charge >= 0.3 is 0 Å². The molecule has 5 nitrogen and oxygen atoms in total. The Bertz CT molecular complexity index is 540. The van der Waals surface area contributed by atoms with Gasteiger partial charge in [-0.3, -0.25) is 4.90 Å². The van der Waals surface area contributed by atoms with Crippen LogP contribution in [0.1, 0.15) is 37.0 Å². The van der Waals surface area contributed by atoms with Crippen molar-refractivity contribution in [3.8, 4) is 0 Å². The summed E-state index contributed by atoms with van der Waals surface area (Å²) in [6.07, 6.45) is 3.27. The highest BCUT2D eigenvalue weighted by Crippen LogP contribution is 2.14. The number of aryl methyl sites for hydroxylation is 1. The predicted molar refractivity (Wildman–Crippen MR) is 83.1 cm³/mol. The predicted octanol–water partition coefficient (Wildman–Crippen LogP) is 2.45. The number of thiophene rings is 1. The van der Waals surface area contributed by atoms with Gasteiger partial charge in [-0.2, -0.15) is 16.3 Å². The lowest BCUT2D eigenvalue weighted by molar-refractivity contribution is 0.177. The average molecular weight is 306 g/mol. The fraction of sp³-hybridized carbons (Fsp3) is 0.600. The van der Waals surface area contributed by atoms with Crippen molar-refractivity contribution in [3.05, 3.63) is 34.1 Å². The topological polar surface area (TPSA) is 54.2 Å². The molecule has 2 aromatic heterocycles. The molecule has 114 valence electrons. The monoisotopic (exact) mass is 306 g/mol. The summed E-state index contributed by atoms with van der Waals surface area (Å²) in [4.78, 5) is 6.81. The van der Waals surface area contributed by atoms with Gasteiger partial charge in [-0.1, -0.05) is 12.1 Å². The third-order valence-corrected chi connectivity index (χ3v) is 4.59. The van der Waals surface area contributed by atoms with Crippen molar-refractivity contribution < 1.29 is 4.52 Å². The molecule has 1 aliphatic rings. The van der Waals surface area contributed by atoms with E-state index < -0.39 is 0 Å². The second-order valence-electron chi connectivity index (χ2n) is 5.54. The quantitative estimate of drug-likeness (QED) is 0.888. The first-order chi connectivity index (χ1) is 10.3. The molecule has 1 fully saturated rings. The van der Waals surface area contributed by atoms with E-state index in [1.54, 1.807) is 11.3 Å². The van der Waals surface area contributed by atoms with Crippen LogP contribution < -0.4 is 5.32 Å². The maximum Gasteiger partial charge on any atom is 0.226 e. The van der Waals surface area contributed by atoms with Crippen LogP contribution in [0.25, 0.3) is 0 Å². The van der Waals surface area contributed by atoms with E-state index in [1.165, 1.54) is 18.4 Å². The van der Waals surface area contributed by atoms with Gasteiger partial charge in [-0.05, 0) is 41.8 Å². The van der Waals surface area contributed by atoms with Crippen molar-refractivity contribution >= 4 is 11.3 Å². The van der Waals surface area contributed by atoms with E-state index in [0.29, 0.717) is 6.04 Å². The SMILES string of the molecule is CCc1nc(CN2CCC[C@@H](NCc3ccsc3)C2)no1. The molecule has 2 aromatic rings. The zero-order valence-electron chi connectivity index (χ0n) is 12.4. The Balaban J connectivity index is 1.48. The van der Waals surface area contributed by atoms with Crippen LogP contribution in [0.4, 0.5) is 0 Å². The van der Waals surface area contributed by atoms with Crippen molar-refractivity contribution in [1.29, 1.82) is 0 Å². The van der Waals surface area contributed by atoms with Gasteiger partial charge in [0.05, 0.1) is 6.54 Å². The normalized spacial score (nSPS) is 20.0. The van der Waals surface area contributed by atoms with E-state index in [0.717, 1.165) is 44.3 Å². The summed E-state index contributed by atoms with van der Waals surface area (Å²) in [6, 6.07) is 2.74. The molecule has 0 bridgehead atoms. The number of aromatic nitrogens is 2. The van der Waals surface area contributed by atoms with Crippen molar-refractivity contribution in [2.45, 2.75) is 45.3 Å². The highest BCUT2D eigenvalue weighted by atomic mass is 32.1. The molecule has 3 rings (SSSR count). The van der Waals surface area contributed by atoms with E-state index in [4.69, 9.17) is 4.52 Å². The molecule has 0 spiro atoms. The van der Waals surface area contributed by atoms with Crippen LogP contribution in [0.5, 0.6) is 0 Å². The molecule has 0 amide bonds. The fourth-order valence-corrected chi connectivity index (χ4v) is 3.39. The van der Waals surface area contributed by atoms with E-state index in [2.05, 4.69) is 37.2 Å². The lowest BCUT2D eigenvalue weighted by Crippen LogP contribution is -2.45. The Hall–Kier alpha value is -1.24. The molecule has 6 heteroatoms. The number of likely N-dealkylation sites (tertiary alicyclic amines) is 1. The first-order valence-corrected chi connectivity index (χ1v) is 8.56. The summed E-state index contributed by atoms with van der Waals surface area (Å²) in [6.45, 7) is 5.96. The third kappa shape index (κ3) is 4.12. The number of hydrogen-bond acceptors (Lipinski definition) is 6. The van der Waals surface area contributed by atoms with E-state index in [1.807, 2.05) is 6.92 Å². The highest BCUT2D eigenvalue weighted by molar-refractivity contribution is 7.07. The zero-order valence-corrected chi connectivity index (χ0v) is 13.2. The molecule has 1 saturated heterocycles. The Morgan fingerprint density at radius 3 is 3.24 bits per heavy atom. The molecule has 21 heavy (non-hydrogen) atoms. The van der Waals surface area contributed by atoms with Crippen LogP contribution in [0, 0.1) is 0 Å².